The van der Waals surface area contributed by atoms with Crippen molar-refractivity contribution in [2.75, 3.05) is 0 Å². The Kier molecular flexibility index (Phi) is 4.29. The normalized spacial score (nSPS) is 11.5. The maximum Gasteiger partial charge on any atom is 0.126 e. The van der Waals surface area contributed by atoms with E-state index in [1.54, 1.807) is 12.1 Å². The van der Waals surface area contributed by atoms with Crippen LogP contribution in [0.1, 0.15) is 31.4 Å². The molecular weight excluding hydrogens is 187 g/mol. The van der Waals surface area contributed by atoms with Gasteiger partial charge in [0.05, 0.1) is 0 Å². The third kappa shape index (κ3) is 2.56. The Morgan fingerprint density at radius 2 is 2.13 bits per heavy atom. The zero-order valence-electron chi connectivity index (χ0n) is 9.39. The molecule has 0 amide bonds. The Labute approximate surface area is 91.1 Å². The second-order valence-corrected chi connectivity index (χ2v) is 3.40. The van der Waals surface area contributed by atoms with Gasteiger partial charge in [0.1, 0.15) is 5.82 Å². The van der Waals surface area contributed by atoms with Crippen LogP contribution in [0.4, 0.5) is 4.39 Å². The van der Waals surface area contributed by atoms with Crippen LogP contribution in [-0.4, -0.2) is 0 Å². The maximum absolute atomic E-state index is 13.5. The third-order valence-corrected chi connectivity index (χ3v) is 2.52. The fraction of sp³-hybridized carbons (Fsp3) is 0.286. The minimum atomic E-state index is -0.113. The highest BCUT2D eigenvalue weighted by molar-refractivity contribution is 5.69. The zero-order chi connectivity index (χ0) is 11.3. The first-order valence-electron chi connectivity index (χ1n) is 5.33. The molecule has 1 aromatic carbocycles. The van der Waals surface area contributed by atoms with E-state index in [0.29, 0.717) is 0 Å². The Morgan fingerprint density at radius 1 is 1.40 bits per heavy atom. The second-order valence-electron chi connectivity index (χ2n) is 3.40. The molecule has 1 rings (SSSR count). The summed E-state index contributed by atoms with van der Waals surface area (Å²) in [5.74, 6) is -0.113. The lowest BCUT2D eigenvalue weighted by Crippen LogP contribution is -1.95. The molecular formula is C14H17F. The molecule has 0 nitrogen and oxygen atoms in total. The summed E-state index contributed by atoms with van der Waals surface area (Å²) < 4.78 is 13.5. The van der Waals surface area contributed by atoms with Crippen LogP contribution in [0, 0.1) is 5.82 Å². The summed E-state index contributed by atoms with van der Waals surface area (Å²) in [5.41, 5.74) is 2.95. The molecule has 0 aromatic heterocycles. The van der Waals surface area contributed by atoms with Gasteiger partial charge in [-0.15, -0.1) is 0 Å². The van der Waals surface area contributed by atoms with E-state index < -0.39 is 0 Å². The number of hydrogen-bond acceptors (Lipinski definition) is 0. The van der Waals surface area contributed by atoms with Crippen molar-refractivity contribution in [1.82, 2.24) is 0 Å². The summed E-state index contributed by atoms with van der Waals surface area (Å²) in [5, 5.41) is 0. The van der Waals surface area contributed by atoms with Gasteiger partial charge in [-0.25, -0.2) is 4.39 Å². The van der Waals surface area contributed by atoms with Gasteiger partial charge in [-0.2, -0.15) is 0 Å². The molecule has 0 bridgehead atoms. The summed E-state index contributed by atoms with van der Waals surface area (Å²) in [4.78, 5) is 0. The molecule has 1 aromatic rings. The van der Waals surface area contributed by atoms with Gasteiger partial charge in [0.2, 0.25) is 0 Å². The van der Waals surface area contributed by atoms with Crippen molar-refractivity contribution >= 4 is 5.57 Å². The van der Waals surface area contributed by atoms with E-state index in [4.69, 9.17) is 0 Å². The van der Waals surface area contributed by atoms with Gasteiger partial charge >= 0.3 is 0 Å². The Hall–Kier alpha value is -1.37. The Morgan fingerprint density at radius 3 is 2.67 bits per heavy atom. The van der Waals surface area contributed by atoms with E-state index >= 15 is 0 Å². The highest BCUT2D eigenvalue weighted by atomic mass is 19.1. The number of benzene rings is 1. The van der Waals surface area contributed by atoms with E-state index in [2.05, 4.69) is 13.5 Å². The molecule has 15 heavy (non-hydrogen) atoms. The predicted octanol–water partition coefficient (Wildman–Crippen LogP) is 4.37. The molecule has 1 heteroatoms. The average Bonchev–Trinajstić information content (AvgIpc) is 2.25. The van der Waals surface area contributed by atoms with Crippen LogP contribution in [0.2, 0.25) is 0 Å². The summed E-state index contributed by atoms with van der Waals surface area (Å²) in [6.45, 7) is 7.73. The van der Waals surface area contributed by atoms with E-state index in [9.17, 15) is 4.39 Å². The first-order chi connectivity index (χ1) is 7.24. The van der Waals surface area contributed by atoms with Gasteiger partial charge < -0.3 is 0 Å². The van der Waals surface area contributed by atoms with E-state index in [-0.39, 0.29) is 5.82 Å². The minimum Gasteiger partial charge on any atom is -0.207 e. The van der Waals surface area contributed by atoms with Crippen molar-refractivity contribution in [3.8, 4) is 0 Å². The Balaban J connectivity index is 3.28. The molecule has 0 fully saturated rings. The number of halogens is 1. The van der Waals surface area contributed by atoms with Gasteiger partial charge in [0, 0.05) is 0 Å². The summed E-state index contributed by atoms with van der Waals surface area (Å²) >= 11 is 0. The van der Waals surface area contributed by atoms with Crippen LogP contribution in [-0.2, 0) is 6.42 Å². The first-order valence-corrected chi connectivity index (χ1v) is 5.33. The second kappa shape index (κ2) is 5.50. The molecule has 80 valence electrons. The van der Waals surface area contributed by atoms with Crippen molar-refractivity contribution < 1.29 is 4.39 Å². The van der Waals surface area contributed by atoms with Gasteiger partial charge in [0.15, 0.2) is 0 Å². The van der Waals surface area contributed by atoms with E-state index in [0.717, 1.165) is 29.5 Å². The van der Waals surface area contributed by atoms with Crippen LogP contribution in [0.25, 0.3) is 5.57 Å². The van der Waals surface area contributed by atoms with Crippen LogP contribution < -0.4 is 0 Å². The average molecular weight is 204 g/mol. The maximum atomic E-state index is 13.5. The number of hydrogen-bond donors (Lipinski definition) is 0. The molecule has 0 aliphatic carbocycles. The van der Waals surface area contributed by atoms with Gasteiger partial charge in [-0.3, -0.25) is 0 Å². The fourth-order valence-corrected chi connectivity index (χ4v) is 1.76. The van der Waals surface area contributed by atoms with Gasteiger partial charge in [-0.05, 0) is 35.6 Å². The van der Waals surface area contributed by atoms with Crippen LogP contribution >= 0.6 is 0 Å². The lowest BCUT2D eigenvalue weighted by atomic mass is 9.95. The topological polar surface area (TPSA) is 0 Å². The molecule has 0 unspecified atom stereocenters. The van der Waals surface area contributed by atoms with Crippen molar-refractivity contribution in [2.24, 2.45) is 0 Å². The van der Waals surface area contributed by atoms with Gasteiger partial charge in [0.25, 0.3) is 0 Å². The molecule has 0 saturated heterocycles. The lowest BCUT2D eigenvalue weighted by molar-refractivity contribution is 0.611. The van der Waals surface area contributed by atoms with Crippen molar-refractivity contribution in [2.45, 2.75) is 26.7 Å². The standard InChI is InChI=1S/C14H17F/c1-4-8-11(5-2)13-9-7-10-14(15)12(13)6-3/h4,7-10H,1,5-6H2,2-3H3/b11-8+. The van der Waals surface area contributed by atoms with Crippen molar-refractivity contribution in [1.29, 1.82) is 0 Å². The van der Waals surface area contributed by atoms with E-state index in [1.807, 2.05) is 19.1 Å². The molecule has 0 saturated carbocycles. The third-order valence-electron chi connectivity index (χ3n) is 2.52. The van der Waals surface area contributed by atoms with Gasteiger partial charge in [-0.1, -0.05) is 44.7 Å². The van der Waals surface area contributed by atoms with Crippen molar-refractivity contribution in [3.05, 3.63) is 53.9 Å². The summed E-state index contributed by atoms with van der Waals surface area (Å²) in [6, 6.07) is 5.25. The molecule has 0 heterocycles. The number of rotatable bonds is 4. The van der Waals surface area contributed by atoms with Crippen LogP contribution in [0.5, 0.6) is 0 Å². The molecule has 0 N–H and O–H groups in total. The molecule has 0 spiro atoms. The van der Waals surface area contributed by atoms with Crippen molar-refractivity contribution in [3.63, 3.8) is 0 Å². The Bertz CT molecular complexity index is 375. The molecule has 0 atom stereocenters. The molecule has 0 radical (unpaired) electrons. The van der Waals surface area contributed by atoms with Crippen LogP contribution in [0.3, 0.4) is 0 Å². The molecule has 0 aliphatic heterocycles. The minimum absolute atomic E-state index is 0.113. The monoisotopic (exact) mass is 204 g/mol. The van der Waals surface area contributed by atoms with Crippen LogP contribution in [0.15, 0.2) is 36.9 Å². The number of allylic oxidation sites excluding steroid dienone is 3. The predicted molar refractivity (Wildman–Crippen MR) is 64.2 cm³/mol. The zero-order valence-corrected chi connectivity index (χ0v) is 9.39. The molecule has 0 aliphatic rings. The van der Waals surface area contributed by atoms with E-state index in [1.165, 1.54) is 6.07 Å². The summed E-state index contributed by atoms with van der Waals surface area (Å²) in [7, 11) is 0. The quantitative estimate of drug-likeness (QED) is 0.639. The summed E-state index contributed by atoms with van der Waals surface area (Å²) in [6.07, 6.45) is 5.32. The SMILES string of the molecule is C=C/C=C(\CC)c1cccc(F)c1CC. The largest absolute Gasteiger partial charge is 0.207 e. The smallest absolute Gasteiger partial charge is 0.126 e. The highest BCUT2D eigenvalue weighted by Gasteiger charge is 2.08. The highest BCUT2D eigenvalue weighted by Crippen LogP contribution is 2.24. The lowest BCUT2D eigenvalue weighted by Gasteiger charge is -2.10. The first kappa shape index (κ1) is 11.7. The fourth-order valence-electron chi connectivity index (χ4n) is 1.76.